The molecule has 0 saturated heterocycles. The summed E-state index contributed by atoms with van der Waals surface area (Å²) in [4.78, 5) is 13.3. The third-order valence-corrected chi connectivity index (χ3v) is 4.48. The zero-order chi connectivity index (χ0) is 14.1. The fraction of sp³-hybridized carbons (Fsp3) is 0.133. The smallest absolute Gasteiger partial charge is 0.251 e. The summed E-state index contributed by atoms with van der Waals surface area (Å²) < 4.78 is 0.960. The molecule has 0 aromatic heterocycles. The van der Waals surface area contributed by atoms with Gasteiger partial charge >= 0.3 is 0 Å². The van der Waals surface area contributed by atoms with Crippen molar-refractivity contribution in [2.75, 3.05) is 16.9 Å². The molecule has 0 fully saturated rings. The number of carbonyl (C=O) groups is 1. The Morgan fingerprint density at radius 3 is 2.65 bits per heavy atom. The monoisotopic (exact) mass is 348 g/mol. The quantitative estimate of drug-likeness (QED) is 0.813. The van der Waals surface area contributed by atoms with Crippen LogP contribution in [0.25, 0.3) is 0 Å². The summed E-state index contributed by atoms with van der Waals surface area (Å²) in [6, 6.07) is 13.6. The normalized spacial score (nSPS) is 16.7. The Balaban J connectivity index is 1.86. The van der Waals surface area contributed by atoms with Gasteiger partial charge in [-0.2, -0.15) is 0 Å². The molecule has 2 aromatic carbocycles. The lowest BCUT2D eigenvalue weighted by molar-refractivity contribution is -0.116. The van der Waals surface area contributed by atoms with Crippen LogP contribution >= 0.6 is 27.7 Å². The van der Waals surface area contributed by atoms with Crippen LogP contribution in [0.1, 0.15) is 11.6 Å². The Morgan fingerprint density at radius 1 is 1.20 bits per heavy atom. The summed E-state index contributed by atoms with van der Waals surface area (Å²) in [5.41, 5.74) is 2.79. The number of carbonyl (C=O) groups excluding carboxylic acids is 1. The first kappa shape index (κ1) is 13.5. The lowest BCUT2D eigenvalue weighted by Gasteiger charge is -2.13. The predicted octanol–water partition coefficient (Wildman–Crippen LogP) is 4.28. The summed E-state index contributed by atoms with van der Waals surface area (Å²) in [7, 11) is 0. The van der Waals surface area contributed by atoms with Crippen molar-refractivity contribution in [1.29, 1.82) is 0 Å². The fourth-order valence-electron chi connectivity index (χ4n) is 2.23. The van der Waals surface area contributed by atoms with Crippen LogP contribution in [0.15, 0.2) is 51.8 Å². The predicted molar refractivity (Wildman–Crippen MR) is 87.4 cm³/mol. The number of benzene rings is 2. The molecule has 0 aliphatic carbocycles. The lowest BCUT2D eigenvalue weighted by Crippen LogP contribution is -2.19. The van der Waals surface area contributed by atoms with Crippen molar-refractivity contribution in [1.82, 2.24) is 0 Å². The fourth-order valence-corrected chi connectivity index (χ4v) is 3.00. The number of hydrogen-bond donors (Lipinski definition) is 2. The molecule has 102 valence electrons. The van der Waals surface area contributed by atoms with Crippen molar-refractivity contribution in [3.8, 4) is 0 Å². The minimum absolute atomic E-state index is 0.0213. The molecule has 1 unspecified atom stereocenters. The molecule has 20 heavy (non-hydrogen) atoms. The molecule has 0 radical (unpaired) electrons. The third kappa shape index (κ3) is 2.55. The van der Waals surface area contributed by atoms with Crippen molar-refractivity contribution >= 4 is 45.0 Å². The summed E-state index contributed by atoms with van der Waals surface area (Å²) in [5.74, 6) is -0.0213. The molecule has 2 aromatic rings. The van der Waals surface area contributed by atoms with Crippen LogP contribution in [0.2, 0.25) is 0 Å². The van der Waals surface area contributed by atoms with Gasteiger partial charge in [0.25, 0.3) is 5.91 Å². The maximum atomic E-state index is 12.1. The maximum Gasteiger partial charge on any atom is 0.251 e. The number of nitrogens with one attached hydrogen (secondary N) is 2. The van der Waals surface area contributed by atoms with Crippen molar-refractivity contribution in [3.63, 3.8) is 0 Å². The van der Waals surface area contributed by atoms with Gasteiger partial charge in [-0.1, -0.05) is 22.0 Å². The van der Waals surface area contributed by atoms with Gasteiger partial charge in [0.05, 0.1) is 0 Å². The first-order chi connectivity index (χ1) is 9.67. The molecule has 0 spiro atoms. The van der Waals surface area contributed by atoms with Crippen molar-refractivity contribution < 1.29 is 4.79 Å². The largest absolute Gasteiger partial charge is 0.370 e. The Kier molecular flexibility index (Phi) is 3.72. The second-order valence-electron chi connectivity index (χ2n) is 4.53. The Bertz CT molecular complexity index is 657. The number of hydrogen-bond acceptors (Lipinski definition) is 3. The Morgan fingerprint density at radius 2 is 1.95 bits per heavy atom. The van der Waals surface area contributed by atoms with E-state index in [2.05, 4.69) is 26.6 Å². The molecule has 1 atom stereocenters. The molecular weight excluding hydrogens is 336 g/mol. The molecule has 3 nitrogen and oxygen atoms in total. The zero-order valence-electron chi connectivity index (χ0n) is 10.8. The summed E-state index contributed by atoms with van der Waals surface area (Å²) >= 11 is 5.11. The van der Waals surface area contributed by atoms with Gasteiger partial charge in [0.1, 0.15) is 6.04 Å². The van der Waals surface area contributed by atoms with Gasteiger partial charge in [0.15, 0.2) is 0 Å². The van der Waals surface area contributed by atoms with E-state index in [-0.39, 0.29) is 11.9 Å². The highest BCUT2D eigenvalue weighted by molar-refractivity contribution is 9.10. The topological polar surface area (TPSA) is 41.1 Å². The van der Waals surface area contributed by atoms with Crippen molar-refractivity contribution in [2.24, 2.45) is 0 Å². The van der Waals surface area contributed by atoms with E-state index in [0.717, 1.165) is 21.4 Å². The van der Waals surface area contributed by atoms with E-state index >= 15 is 0 Å². The maximum absolute atomic E-state index is 12.1. The van der Waals surface area contributed by atoms with E-state index in [4.69, 9.17) is 0 Å². The van der Waals surface area contributed by atoms with Gasteiger partial charge < -0.3 is 10.6 Å². The first-order valence-electron chi connectivity index (χ1n) is 6.18. The van der Waals surface area contributed by atoms with Crippen molar-refractivity contribution in [2.45, 2.75) is 10.9 Å². The molecule has 5 heteroatoms. The van der Waals surface area contributed by atoms with Crippen LogP contribution in [0.3, 0.4) is 0 Å². The molecule has 1 aliphatic heterocycles. The van der Waals surface area contributed by atoms with Gasteiger partial charge in [-0.25, -0.2) is 0 Å². The number of anilines is 2. The van der Waals surface area contributed by atoms with Crippen LogP contribution < -0.4 is 10.6 Å². The second kappa shape index (κ2) is 5.50. The van der Waals surface area contributed by atoms with E-state index in [1.165, 1.54) is 4.90 Å². The second-order valence-corrected chi connectivity index (χ2v) is 6.32. The highest BCUT2D eigenvalue weighted by atomic mass is 79.9. The molecule has 3 rings (SSSR count). The Labute approximate surface area is 130 Å². The van der Waals surface area contributed by atoms with Crippen LogP contribution in [0.5, 0.6) is 0 Å². The highest BCUT2D eigenvalue weighted by Gasteiger charge is 2.30. The third-order valence-electron chi connectivity index (χ3n) is 3.25. The molecule has 0 saturated carbocycles. The van der Waals surface area contributed by atoms with Gasteiger partial charge in [-0.15, -0.1) is 11.8 Å². The van der Waals surface area contributed by atoms with E-state index in [0.29, 0.717) is 0 Å². The molecule has 1 aliphatic rings. The van der Waals surface area contributed by atoms with Gasteiger partial charge in [0, 0.05) is 26.3 Å². The SMILES string of the molecule is CSc1ccc(NC2C(=O)Nc3cc(Br)ccc32)cc1. The average Bonchev–Trinajstić information content (AvgIpc) is 2.75. The zero-order valence-corrected chi connectivity index (χ0v) is 13.2. The van der Waals surface area contributed by atoms with Crippen LogP contribution in [-0.2, 0) is 4.79 Å². The minimum Gasteiger partial charge on any atom is -0.370 e. The number of amides is 1. The van der Waals surface area contributed by atoms with Crippen molar-refractivity contribution in [3.05, 3.63) is 52.5 Å². The molecule has 0 bridgehead atoms. The molecule has 2 N–H and O–H groups in total. The Hall–Kier alpha value is -1.46. The molecule has 1 amide bonds. The van der Waals surface area contributed by atoms with Crippen LogP contribution in [0.4, 0.5) is 11.4 Å². The van der Waals surface area contributed by atoms with Crippen LogP contribution in [0, 0.1) is 0 Å². The van der Waals surface area contributed by atoms with E-state index in [1.807, 2.05) is 48.7 Å². The van der Waals surface area contributed by atoms with E-state index < -0.39 is 0 Å². The summed E-state index contributed by atoms with van der Waals surface area (Å²) in [5, 5.41) is 6.18. The van der Waals surface area contributed by atoms with Gasteiger partial charge in [0.2, 0.25) is 0 Å². The summed E-state index contributed by atoms with van der Waals surface area (Å²) in [6.45, 7) is 0. The minimum atomic E-state index is -0.335. The number of rotatable bonds is 3. The highest BCUT2D eigenvalue weighted by Crippen LogP contribution is 2.35. The number of thioether (sulfide) groups is 1. The molecular formula is C15H13BrN2OS. The number of halogens is 1. The standard InChI is InChI=1S/C15H13BrN2OS/c1-20-11-5-3-10(4-6-11)17-14-12-7-2-9(16)8-13(12)18-15(14)19/h2-8,14,17H,1H3,(H,18,19). The summed E-state index contributed by atoms with van der Waals surface area (Å²) in [6.07, 6.45) is 2.04. The average molecular weight is 349 g/mol. The lowest BCUT2D eigenvalue weighted by atomic mass is 10.1. The van der Waals surface area contributed by atoms with E-state index in [1.54, 1.807) is 11.8 Å². The van der Waals surface area contributed by atoms with Gasteiger partial charge in [-0.05, 0) is 42.7 Å². The van der Waals surface area contributed by atoms with Gasteiger partial charge in [-0.3, -0.25) is 4.79 Å². The number of fused-ring (bicyclic) bond motifs is 1. The van der Waals surface area contributed by atoms with E-state index in [9.17, 15) is 4.79 Å². The van der Waals surface area contributed by atoms with Crippen LogP contribution in [-0.4, -0.2) is 12.2 Å². The molecule has 1 heterocycles. The first-order valence-corrected chi connectivity index (χ1v) is 8.20.